The molecule has 0 bridgehead atoms. The maximum absolute atomic E-state index is 12.6. The number of aromatic nitrogens is 2. The molecule has 0 aliphatic carbocycles. The molecule has 0 fully saturated rings. The number of carbonyl (C=O) groups is 1. The summed E-state index contributed by atoms with van der Waals surface area (Å²) in [5, 5.41) is 6.21. The molecule has 3 aromatic rings. The highest BCUT2D eigenvalue weighted by molar-refractivity contribution is 5.93. The van der Waals surface area contributed by atoms with Crippen molar-refractivity contribution >= 4 is 17.4 Å². The number of hydrogen-bond donors (Lipinski definition) is 2. The summed E-state index contributed by atoms with van der Waals surface area (Å²) >= 11 is 0. The third kappa shape index (κ3) is 5.54. The molecule has 0 atom stereocenters. The molecule has 0 aliphatic heterocycles. The summed E-state index contributed by atoms with van der Waals surface area (Å²) in [4.78, 5) is 21.3. The SMILES string of the molecule is COc1cccc(CCNC(=O)c2cc(Nc3ccc(C)cc3C)nc(C)n2)c1. The van der Waals surface area contributed by atoms with Crippen LogP contribution >= 0.6 is 0 Å². The largest absolute Gasteiger partial charge is 0.497 e. The van der Waals surface area contributed by atoms with Crippen LogP contribution in [0.2, 0.25) is 0 Å². The van der Waals surface area contributed by atoms with Crippen LogP contribution in [0, 0.1) is 20.8 Å². The van der Waals surface area contributed by atoms with Crippen molar-refractivity contribution in [1.82, 2.24) is 15.3 Å². The van der Waals surface area contributed by atoms with Crippen LogP contribution in [0.15, 0.2) is 48.5 Å². The monoisotopic (exact) mass is 390 g/mol. The van der Waals surface area contributed by atoms with Crippen LogP contribution in [0.1, 0.15) is 33.0 Å². The molecular weight excluding hydrogens is 364 g/mol. The van der Waals surface area contributed by atoms with E-state index < -0.39 is 0 Å². The minimum absolute atomic E-state index is 0.220. The number of methoxy groups -OCH3 is 1. The van der Waals surface area contributed by atoms with Crippen LogP contribution in [-0.4, -0.2) is 29.5 Å². The Labute approximate surface area is 171 Å². The minimum atomic E-state index is -0.220. The van der Waals surface area contributed by atoms with E-state index in [4.69, 9.17) is 4.74 Å². The summed E-state index contributed by atoms with van der Waals surface area (Å²) in [6.45, 7) is 6.38. The van der Waals surface area contributed by atoms with Crippen molar-refractivity contribution in [3.8, 4) is 5.75 Å². The van der Waals surface area contributed by atoms with E-state index >= 15 is 0 Å². The second-order valence-corrected chi connectivity index (χ2v) is 6.99. The fraction of sp³-hybridized carbons (Fsp3) is 0.261. The molecule has 1 aromatic heterocycles. The molecule has 6 nitrogen and oxygen atoms in total. The molecule has 3 rings (SSSR count). The van der Waals surface area contributed by atoms with Gasteiger partial charge in [0.25, 0.3) is 5.91 Å². The van der Waals surface area contributed by atoms with Gasteiger partial charge in [0.05, 0.1) is 7.11 Å². The van der Waals surface area contributed by atoms with E-state index in [1.54, 1.807) is 20.1 Å². The predicted molar refractivity (Wildman–Crippen MR) is 115 cm³/mol. The predicted octanol–water partition coefficient (Wildman–Crippen LogP) is 4.13. The van der Waals surface area contributed by atoms with Crippen LogP contribution in [-0.2, 0) is 6.42 Å². The second kappa shape index (κ2) is 9.19. The third-order valence-corrected chi connectivity index (χ3v) is 4.55. The highest BCUT2D eigenvalue weighted by atomic mass is 16.5. The summed E-state index contributed by atoms with van der Waals surface area (Å²) in [7, 11) is 1.64. The first-order valence-corrected chi connectivity index (χ1v) is 9.55. The molecule has 0 aliphatic rings. The fourth-order valence-electron chi connectivity index (χ4n) is 3.08. The Morgan fingerprint density at radius 1 is 1.03 bits per heavy atom. The molecule has 0 saturated carbocycles. The fourth-order valence-corrected chi connectivity index (χ4v) is 3.08. The molecule has 1 amide bonds. The van der Waals surface area contributed by atoms with Gasteiger partial charge in [0.1, 0.15) is 23.1 Å². The maximum atomic E-state index is 12.6. The van der Waals surface area contributed by atoms with Gasteiger partial charge in [-0.2, -0.15) is 0 Å². The molecule has 1 heterocycles. The number of aryl methyl sites for hydroxylation is 3. The number of nitrogens with one attached hydrogen (secondary N) is 2. The molecule has 2 N–H and O–H groups in total. The van der Waals surface area contributed by atoms with E-state index in [2.05, 4.69) is 33.6 Å². The normalized spacial score (nSPS) is 10.5. The van der Waals surface area contributed by atoms with Crippen LogP contribution in [0.3, 0.4) is 0 Å². The molecule has 29 heavy (non-hydrogen) atoms. The molecule has 2 aromatic carbocycles. The summed E-state index contributed by atoms with van der Waals surface area (Å²) in [5.74, 6) is 1.73. The van der Waals surface area contributed by atoms with Crippen molar-refractivity contribution in [3.63, 3.8) is 0 Å². The van der Waals surface area contributed by atoms with Crippen molar-refractivity contribution in [2.75, 3.05) is 19.0 Å². The number of benzene rings is 2. The Balaban J connectivity index is 1.65. The number of nitrogens with zero attached hydrogens (tertiary/aromatic N) is 2. The van der Waals surface area contributed by atoms with E-state index in [0.29, 0.717) is 30.3 Å². The standard InChI is InChI=1S/C23H26N4O2/c1-15-8-9-20(16(2)12-15)27-22-14-21(25-17(3)26-22)23(28)24-11-10-18-6-5-7-19(13-18)29-4/h5-9,12-14H,10-11H2,1-4H3,(H,24,28)(H,25,26,27). The first kappa shape index (κ1) is 20.3. The average molecular weight is 390 g/mol. The Morgan fingerprint density at radius 2 is 1.86 bits per heavy atom. The minimum Gasteiger partial charge on any atom is -0.497 e. The number of carbonyl (C=O) groups excluding carboxylic acids is 1. The van der Waals surface area contributed by atoms with Crippen LogP contribution < -0.4 is 15.4 Å². The smallest absolute Gasteiger partial charge is 0.270 e. The van der Waals surface area contributed by atoms with Crippen LogP contribution in [0.4, 0.5) is 11.5 Å². The number of hydrogen-bond acceptors (Lipinski definition) is 5. The van der Waals surface area contributed by atoms with Gasteiger partial charge in [0, 0.05) is 18.3 Å². The zero-order chi connectivity index (χ0) is 20.8. The number of anilines is 2. The quantitative estimate of drug-likeness (QED) is 0.634. The third-order valence-electron chi connectivity index (χ3n) is 4.55. The summed E-state index contributed by atoms with van der Waals surface area (Å²) in [6.07, 6.45) is 0.709. The molecule has 6 heteroatoms. The highest BCUT2D eigenvalue weighted by Gasteiger charge is 2.11. The van der Waals surface area contributed by atoms with Crippen molar-refractivity contribution < 1.29 is 9.53 Å². The Hall–Kier alpha value is -3.41. The lowest BCUT2D eigenvalue weighted by atomic mass is 10.1. The Bertz CT molecular complexity index is 1020. The van der Waals surface area contributed by atoms with Crippen molar-refractivity contribution in [2.45, 2.75) is 27.2 Å². The molecule has 0 radical (unpaired) electrons. The van der Waals surface area contributed by atoms with Gasteiger partial charge in [0.15, 0.2) is 0 Å². The first-order chi connectivity index (χ1) is 13.9. The molecule has 150 valence electrons. The van der Waals surface area contributed by atoms with Crippen molar-refractivity contribution in [1.29, 1.82) is 0 Å². The van der Waals surface area contributed by atoms with Gasteiger partial charge in [-0.15, -0.1) is 0 Å². The molecular formula is C23H26N4O2. The summed E-state index contributed by atoms with van der Waals surface area (Å²) < 4.78 is 5.23. The average Bonchev–Trinajstić information content (AvgIpc) is 2.70. The van der Waals surface area contributed by atoms with Gasteiger partial charge in [-0.25, -0.2) is 9.97 Å². The number of ether oxygens (including phenoxy) is 1. The number of rotatable bonds is 7. The van der Waals surface area contributed by atoms with E-state index in [1.807, 2.05) is 43.3 Å². The zero-order valence-corrected chi connectivity index (χ0v) is 17.2. The van der Waals surface area contributed by atoms with Crippen LogP contribution in [0.5, 0.6) is 5.75 Å². The number of amides is 1. The van der Waals surface area contributed by atoms with Gasteiger partial charge in [0.2, 0.25) is 0 Å². The van der Waals surface area contributed by atoms with Gasteiger partial charge in [-0.05, 0) is 56.5 Å². The molecule has 0 spiro atoms. The summed E-state index contributed by atoms with van der Waals surface area (Å²) in [6, 6.07) is 15.6. The van der Waals surface area contributed by atoms with E-state index in [9.17, 15) is 4.79 Å². The Morgan fingerprint density at radius 3 is 2.62 bits per heavy atom. The van der Waals surface area contributed by atoms with Gasteiger partial charge in [-0.3, -0.25) is 4.79 Å². The van der Waals surface area contributed by atoms with Gasteiger partial charge < -0.3 is 15.4 Å². The highest BCUT2D eigenvalue weighted by Crippen LogP contribution is 2.21. The molecule has 0 saturated heterocycles. The second-order valence-electron chi connectivity index (χ2n) is 6.99. The van der Waals surface area contributed by atoms with Crippen LogP contribution in [0.25, 0.3) is 0 Å². The lowest BCUT2D eigenvalue weighted by Gasteiger charge is -2.12. The van der Waals surface area contributed by atoms with E-state index in [0.717, 1.165) is 22.6 Å². The lowest BCUT2D eigenvalue weighted by molar-refractivity contribution is 0.0949. The first-order valence-electron chi connectivity index (χ1n) is 9.55. The maximum Gasteiger partial charge on any atom is 0.270 e. The van der Waals surface area contributed by atoms with Gasteiger partial charge in [-0.1, -0.05) is 29.8 Å². The molecule has 0 unspecified atom stereocenters. The van der Waals surface area contributed by atoms with Gasteiger partial charge >= 0.3 is 0 Å². The lowest BCUT2D eigenvalue weighted by Crippen LogP contribution is -2.27. The Kier molecular flexibility index (Phi) is 6.44. The summed E-state index contributed by atoms with van der Waals surface area (Å²) in [5.41, 5.74) is 4.71. The van der Waals surface area contributed by atoms with Crippen molar-refractivity contribution in [3.05, 3.63) is 76.7 Å². The topological polar surface area (TPSA) is 76.1 Å². The van der Waals surface area contributed by atoms with E-state index in [-0.39, 0.29) is 5.91 Å². The van der Waals surface area contributed by atoms with E-state index in [1.165, 1.54) is 5.56 Å². The zero-order valence-electron chi connectivity index (χ0n) is 17.2. The van der Waals surface area contributed by atoms with Crippen molar-refractivity contribution in [2.24, 2.45) is 0 Å².